The van der Waals surface area contributed by atoms with E-state index in [1.807, 2.05) is 0 Å². The van der Waals surface area contributed by atoms with Gasteiger partial charge in [0.2, 0.25) is 0 Å². The van der Waals surface area contributed by atoms with Gasteiger partial charge in [0.15, 0.2) is 0 Å². The minimum Gasteiger partial charge on any atom is -0.480 e. The van der Waals surface area contributed by atoms with E-state index in [0.29, 0.717) is 11.5 Å². The number of carboxylic acids is 1. The molecule has 0 aromatic rings. The number of amides is 2. The van der Waals surface area contributed by atoms with Crippen LogP contribution in [0.15, 0.2) is 0 Å². The maximum atomic E-state index is 11.2. The van der Waals surface area contributed by atoms with Crippen LogP contribution in [0.5, 0.6) is 0 Å². The lowest BCUT2D eigenvalue weighted by atomic mass is 10.1. The Morgan fingerprint density at radius 3 is 2.29 bits per heavy atom. The Bertz CT molecular complexity index is 335. The Morgan fingerprint density at radius 1 is 1.18 bits per heavy atom. The second kappa shape index (κ2) is 5.94. The van der Waals surface area contributed by atoms with Gasteiger partial charge in [-0.25, -0.2) is 9.59 Å². The van der Waals surface area contributed by atoms with Crippen LogP contribution in [0.4, 0.5) is 0 Å². The number of carbonyl (C=O) groups excluding carboxylic acids is 3. The first-order chi connectivity index (χ1) is 8.00. The highest BCUT2D eigenvalue weighted by Gasteiger charge is 2.29. The molecule has 0 bridgehead atoms. The van der Waals surface area contributed by atoms with Crippen LogP contribution in [0.25, 0.3) is 0 Å². The lowest BCUT2D eigenvalue weighted by Crippen LogP contribution is -2.42. The average Bonchev–Trinajstić information content (AvgIpc) is 2.23. The van der Waals surface area contributed by atoms with Gasteiger partial charge >= 0.3 is 11.9 Å². The van der Waals surface area contributed by atoms with Crippen molar-refractivity contribution in [2.45, 2.75) is 19.3 Å². The summed E-state index contributed by atoms with van der Waals surface area (Å²) in [4.78, 5) is 48.1. The molecule has 8 nitrogen and oxygen atoms in total. The lowest BCUT2D eigenvalue weighted by Gasteiger charge is -2.22. The summed E-state index contributed by atoms with van der Waals surface area (Å²) in [6.07, 6.45) is 0.700. The number of nitrogens with zero attached hydrogens (tertiary/aromatic N) is 1. The van der Waals surface area contributed by atoms with Gasteiger partial charge in [-0.1, -0.05) is 0 Å². The Morgan fingerprint density at radius 2 is 1.76 bits per heavy atom. The molecule has 0 radical (unpaired) electrons. The molecular weight excluding hydrogens is 234 g/mol. The summed E-state index contributed by atoms with van der Waals surface area (Å²) in [5, 5.41) is 8.63. The van der Waals surface area contributed by atoms with Crippen LogP contribution in [0, 0.1) is 0 Å². The van der Waals surface area contributed by atoms with Crippen LogP contribution in [-0.4, -0.2) is 47.1 Å². The summed E-state index contributed by atoms with van der Waals surface area (Å²) < 4.78 is 4.45. The summed E-state index contributed by atoms with van der Waals surface area (Å²) in [7, 11) is 0. The molecule has 0 atom stereocenters. The van der Waals surface area contributed by atoms with E-state index in [-0.39, 0.29) is 12.8 Å². The highest BCUT2D eigenvalue weighted by molar-refractivity contribution is 5.97. The van der Waals surface area contributed by atoms with E-state index in [1.165, 1.54) is 0 Å². The number of piperidine rings is 1. The van der Waals surface area contributed by atoms with Gasteiger partial charge in [-0.3, -0.25) is 9.59 Å². The quantitative estimate of drug-likeness (QED) is 0.624. The van der Waals surface area contributed by atoms with Gasteiger partial charge in [0.05, 0.1) is 0 Å². The normalized spacial score (nSPS) is 15.9. The number of carboxylic acid groups (broad SMARTS) is 1. The fraction of sp³-hybridized carbons (Fsp3) is 0.556. The van der Waals surface area contributed by atoms with Crippen LogP contribution in [-0.2, 0) is 28.8 Å². The van der Waals surface area contributed by atoms with Crippen molar-refractivity contribution in [1.29, 1.82) is 0 Å². The van der Waals surface area contributed by atoms with Crippen molar-refractivity contribution in [2.24, 2.45) is 0 Å². The highest BCUT2D eigenvalue weighted by Crippen LogP contribution is 2.12. The maximum Gasteiger partial charge on any atom is 0.358 e. The number of aliphatic carboxylic acids is 1. The number of ether oxygens (including phenoxy) is 1. The smallest absolute Gasteiger partial charge is 0.358 e. The Labute approximate surface area is 96.0 Å². The number of imide groups is 1. The molecule has 0 aromatic carbocycles. The zero-order valence-corrected chi connectivity index (χ0v) is 8.88. The number of carbonyl (C=O) groups is 4. The van der Waals surface area contributed by atoms with E-state index >= 15 is 0 Å². The Balaban J connectivity index is 2.36. The van der Waals surface area contributed by atoms with E-state index in [1.54, 1.807) is 0 Å². The fourth-order valence-corrected chi connectivity index (χ4v) is 1.18. The molecule has 2 amide bonds. The maximum absolute atomic E-state index is 11.2. The second-order valence-electron chi connectivity index (χ2n) is 3.29. The fourth-order valence-electron chi connectivity index (χ4n) is 1.18. The summed E-state index contributed by atoms with van der Waals surface area (Å²) in [6.45, 7) is -1.29. The topological polar surface area (TPSA) is 110 Å². The summed E-state index contributed by atoms with van der Waals surface area (Å²) in [5.74, 6) is -3.40. The first-order valence-corrected chi connectivity index (χ1v) is 4.87. The van der Waals surface area contributed by atoms with Gasteiger partial charge in [-0.05, 0) is 6.42 Å². The zero-order chi connectivity index (χ0) is 12.8. The largest absolute Gasteiger partial charge is 0.480 e. The monoisotopic (exact) mass is 245 g/mol. The van der Waals surface area contributed by atoms with Crippen LogP contribution < -0.4 is 0 Å². The number of hydrogen-bond donors (Lipinski definition) is 1. The van der Waals surface area contributed by atoms with Crippen molar-refractivity contribution >= 4 is 23.8 Å². The van der Waals surface area contributed by atoms with Gasteiger partial charge in [-0.2, -0.15) is 0 Å². The molecule has 1 rings (SSSR count). The minimum absolute atomic E-state index is 0.134. The second-order valence-corrected chi connectivity index (χ2v) is 3.29. The van der Waals surface area contributed by atoms with Gasteiger partial charge in [0, 0.05) is 12.8 Å². The van der Waals surface area contributed by atoms with E-state index in [2.05, 4.69) is 9.57 Å². The predicted octanol–water partition coefficient (Wildman–Crippen LogP) is -0.915. The summed E-state index contributed by atoms with van der Waals surface area (Å²) in [6, 6.07) is 0. The van der Waals surface area contributed by atoms with Crippen LogP contribution >= 0.6 is 0 Å². The molecule has 94 valence electrons. The van der Waals surface area contributed by atoms with Crippen molar-refractivity contribution in [3.63, 3.8) is 0 Å². The van der Waals surface area contributed by atoms with E-state index in [0.717, 1.165) is 0 Å². The third-order valence-corrected chi connectivity index (χ3v) is 1.87. The van der Waals surface area contributed by atoms with Crippen LogP contribution in [0.2, 0.25) is 0 Å². The number of rotatable bonds is 5. The Kier molecular flexibility index (Phi) is 4.58. The van der Waals surface area contributed by atoms with Crippen LogP contribution in [0.3, 0.4) is 0 Å². The molecule has 1 fully saturated rings. The molecule has 8 heteroatoms. The molecule has 0 saturated carbocycles. The van der Waals surface area contributed by atoms with Crippen LogP contribution in [0.1, 0.15) is 19.3 Å². The lowest BCUT2D eigenvalue weighted by molar-refractivity contribution is -0.208. The molecule has 0 aliphatic carbocycles. The molecule has 0 spiro atoms. The molecule has 1 N–H and O–H groups in total. The van der Waals surface area contributed by atoms with Crippen molar-refractivity contribution in [1.82, 2.24) is 5.06 Å². The summed E-state index contributed by atoms with van der Waals surface area (Å²) in [5.41, 5.74) is 0. The third-order valence-electron chi connectivity index (χ3n) is 1.87. The van der Waals surface area contributed by atoms with Gasteiger partial charge in [-0.15, -0.1) is 5.06 Å². The minimum atomic E-state index is -1.23. The van der Waals surface area contributed by atoms with E-state index in [9.17, 15) is 19.2 Å². The third kappa shape index (κ3) is 4.19. The molecule has 17 heavy (non-hydrogen) atoms. The molecule has 1 heterocycles. The average molecular weight is 245 g/mol. The van der Waals surface area contributed by atoms with E-state index < -0.39 is 37.0 Å². The SMILES string of the molecule is O=C(O)COCC(=O)ON1C(=O)CCCC1=O. The predicted molar refractivity (Wildman–Crippen MR) is 50.3 cm³/mol. The first kappa shape index (κ1) is 13.1. The highest BCUT2D eigenvalue weighted by atomic mass is 16.7. The van der Waals surface area contributed by atoms with Gasteiger partial charge < -0.3 is 14.7 Å². The van der Waals surface area contributed by atoms with Crippen molar-refractivity contribution in [3.8, 4) is 0 Å². The molecule has 1 aliphatic heterocycles. The van der Waals surface area contributed by atoms with Crippen molar-refractivity contribution in [3.05, 3.63) is 0 Å². The number of hydroxylamine groups is 2. The van der Waals surface area contributed by atoms with Gasteiger partial charge in [0.25, 0.3) is 11.8 Å². The molecular formula is C9H11NO7. The van der Waals surface area contributed by atoms with Crippen molar-refractivity contribution < 1.29 is 33.9 Å². The molecule has 0 unspecified atom stereocenters. The molecule has 1 saturated heterocycles. The molecule has 1 aliphatic rings. The first-order valence-electron chi connectivity index (χ1n) is 4.87. The van der Waals surface area contributed by atoms with Crippen molar-refractivity contribution in [2.75, 3.05) is 13.2 Å². The van der Waals surface area contributed by atoms with E-state index in [4.69, 9.17) is 5.11 Å². The zero-order valence-electron chi connectivity index (χ0n) is 8.88. The summed E-state index contributed by atoms with van der Waals surface area (Å²) >= 11 is 0. The number of hydrogen-bond acceptors (Lipinski definition) is 6. The Hall–Kier alpha value is -1.96. The standard InChI is InChI=1S/C9H11NO7/c11-6-2-1-3-7(12)10(6)17-9(15)5-16-4-8(13)14/h1-5H2,(H,13,14). The van der Waals surface area contributed by atoms with Gasteiger partial charge in [0.1, 0.15) is 13.2 Å². The molecule has 0 aromatic heterocycles.